The van der Waals surface area contributed by atoms with Gasteiger partial charge in [-0.3, -0.25) is 0 Å². The Kier molecular flexibility index (Phi) is 5.96. The minimum Gasteiger partial charge on any atom is -0.497 e. The zero-order valence-corrected chi connectivity index (χ0v) is 13.4. The van der Waals surface area contributed by atoms with Gasteiger partial charge in [-0.25, -0.2) is 0 Å². The fourth-order valence-corrected chi connectivity index (χ4v) is 3.08. The Bertz CT molecular complexity index is 540. The number of rotatable bonds is 7. The summed E-state index contributed by atoms with van der Waals surface area (Å²) in [6.07, 6.45) is 0. The second-order valence-corrected chi connectivity index (χ2v) is 5.69. The Morgan fingerprint density at radius 3 is 1.90 bits per heavy atom. The first kappa shape index (κ1) is 15.7. The van der Waals surface area contributed by atoms with E-state index in [2.05, 4.69) is 29.6 Å². The molecule has 0 aliphatic carbocycles. The molecule has 0 heterocycles. The van der Waals surface area contributed by atoms with Crippen molar-refractivity contribution in [2.24, 2.45) is 0 Å². The van der Waals surface area contributed by atoms with Crippen molar-refractivity contribution >= 4 is 11.8 Å². The van der Waals surface area contributed by atoms with E-state index in [9.17, 15) is 0 Å². The predicted octanol–water partition coefficient (Wildman–Crippen LogP) is 3.76. The average Bonchev–Trinajstić information content (AvgIpc) is 2.56. The largest absolute Gasteiger partial charge is 0.497 e. The van der Waals surface area contributed by atoms with Crippen LogP contribution in [-0.4, -0.2) is 27.0 Å². The lowest BCUT2D eigenvalue weighted by molar-refractivity contribution is 0.414. The zero-order chi connectivity index (χ0) is 15.1. The Hall–Kier alpha value is -1.65. The van der Waals surface area contributed by atoms with Gasteiger partial charge in [-0.15, -0.1) is 11.8 Å². The van der Waals surface area contributed by atoms with Gasteiger partial charge < -0.3 is 14.8 Å². The first-order valence-corrected chi connectivity index (χ1v) is 7.83. The lowest BCUT2D eigenvalue weighted by Gasteiger charge is -2.16. The van der Waals surface area contributed by atoms with Crippen LogP contribution in [0.25, 0.3) is 0 Å². The highest BCUT2D eigenvalue weighted by Gasteiger charge is 2.10. The molecule has 3 nitrogen and oxygen atoms in total. The number of nitrogens with one attached hydrogen (secondary N) is 1. The van der Waals surface area contributed by atoms with Crippen molar-refractivity contribution in [2.75, 3.05) is 27.0 Å². The average molecular weight is 303 g/mol. The third kappa shape index (κ3) is 4.41. The minimum absolute atomic E-state index is 0.308. The Labute approximate surface area is 130 Å². The highest BCUT2D eigenvalue weighted by molar-refractivity contribution is 7.99. The summed E-state index contributed by atoms with van der Waals surface area (Å²) in [5.74, 6) is 2.74. The molecule has 0 bridgehead atoms. The van der Waals surface area contributed by atoms with Gasteiger partial charge in [-0.2, -0.15) is 0 Å². The van der Waals surface area contributed by atoms with E-state index in [1.807, 2.05) is 43.1 Å². The minimum atomic E-state index is 0.308. The summed E-state index contributed by atoms with van der Waals surface area (Å²) in [7, 11) is 5.36. The molecule has 1 N–H and O–H groups in total. The third-order valence-corrected chi connectivity index (χ3v) is 4.45. The predicted molar refractivity (Wildman–Crippen MR) is 88.5 cm³/mol. The van der Waals surface area contributed by atoms with E-state index in [0.717, 1.165) is 17.3 Å². The van der Waals surface area contributed by atoms with Crippen LogP contribution < -0.4 is 14.8 Å². The van der Waals surface area contributed by atoms with Crippen LogP contribution in [-0.2, 0) is 0 Å². The van der Waals surface area contributed by atoms with E-state index in [0.29, 0.717) is 6.04 Å². The molecule has 2 aromatic carbocycles. The molecule has 0 aliphatic heterocycles. The Morgan fingerprint density at radius 1 is 0.905 bits per heavy atom. The van der Waals surface area contributed by atoms with E-state index in [1.54, 1.807) is 14.2 Å². The Morgan fingerprint density at radius 2 is 1.43 bits per heavy atom. The number of thioether (sulfide) groups is 1. The first-order valence-electron chi connectivity index (χ1n) is 6.85. The smallest absolute Gasteiger partial charge is 0.118 e. The standard InChI is InChI=1S/C17H21NO2S/c1-18-17(13-4-6-14(19-2)7-5-13)12-21-16-10-8-15(20-3)9-11-16/h4-11,17-18H,12H2,1-3H3. The van der Waals surface area contributed by atoms with Crippen molar-refractivity contribution in [2.45, 2.75) is 10.9 Å². The molecular formula is C17H21NO2S. The lowest BCUT2D eigenvalue weighted by atomic mass is 10.1. The fraction of sp³-hybridized carbons (Fsp3) is 0.294. The number of hydrogen-bond acceptors (Lipinski definition) is 4. The molecule has 0 saturated carbocycles. The van der Waals surface area contributed by atoms with Gasteiger partial charge in [0.15, 0.2) is 0 Å². The number of hydrogen-bond donors (Lipinski definition) is 1. The van der Waals surface area contributed by atoms with Crippen LogP contribution in [0, 0.1) is 0 Å². The van der Waals surface area contributed by atoms with Crippen LogP contribution in [0.4, 0.5) is 0 Å². The molecule has 21 heavy (non-hydrogen) atoms. The normalized spacial score (nSPS) is 12.0. The van der Waals surface area contributed by atoms with Gasteiger partial charge in [0.25, 0.3) is 0 Å². The highest BCUT2D eigenvalue weighted by atomic mass is 32.2. The van der Waals surface area contributed by atoms with Crippen molar-refractivity contribution in [3.63, 3.8) is 0 Å². The molecule has 2 rings (SSSR count). The maximum atomic E-state index is 5.20. The molecule has 0 fully saturated rings. The van der Waals surface area contributed by atoms with Crippen LogP contribution >= 0.6 is 11.8 Å². The zero-order valence-electron chi connectivity index (χ0n) is 12.6. The number of ether oxygens (including phenoxy) is 2. The van der Waals surface area contributed by atoms with Crippen LogP contribution in [0.15, 0.2) is 53.4 Å². The molecule has 0 radical (unpaired) electrons. The van der Waals surface area contributed by atoms with Crippen LogP contribution in [0.3, 0.4) is 0 Å². The van der Waals surface area contributed by atoms with E-state index in [-0.39, 0.29) is 0 Å². The second kappa shape index (κ2) is 7.96. The highest BCUT2D eigenvalue weighted by Crippen LogP contribution is 2.27. The van der Waals surface area contributed by atoms with E-state index in [4.69, 9.17) is 9.47 Å². The summed E-state index contributed by atoms with van der Waals surface area (Å²) < 4.78 is 10.4. The quantitative estimate of drug-likeness (QED) is 0.789. The number of methoxy groups -OCH3 is 2. The van der Waals surface area contributed by atoms with Gasteiger partial charge >= 0.3 is 0 Å². The van der Waals surface area contributed by atoms with Crippen LogP contribution in [0.5, 0.6) is 11.5 Å². The summed E-state index contributed by atoms with van der Waals surface area (Å²) in [5.41, 5.74) is 1.26. The second-order valence-electron chi connectivity index (χ2n) is 4.60. The van der Waals surface area contributed by atoms with E-state index < -0.39 is 0 Å². The molecule has 4 heteroatoms. The topological polar surface area (TPSA) is 30.5 Å². The summed E-state index contributed by atoms with van der Waals surface area (Å²) in [6.45, 7) is 0. The molecule has 1 unspecified atom stereocenters. The van der Waals surface area contributed by atoms with Crippen molar-refractivity contribution in [3.05, 3.63) is 54.1 Å². The van der Waals surface area contributed by atoms with Gasteiger partial charge in [0, 0.05) is 16.7 Å². The summed E-state index contributed by atoms with van der Waals surface area (Å²) >= 11 is 1.83. The van der Waals surface area contributed by atoms with Crippen molar-refractivity contribution in [1.82, 2.24) is 5.32 Å². The van der Waals surface area contributed by atoms with Crippen LogP contribution in [0.1, 0.15) is 11.6 Å². The molecular weight excluding hydrogens is 282 g/mol. The third-order valence-electron chi connectivity index (χ3n) is 3.34. The van der Waals surface area contributed by atoms with Gasteiger partial charge in [0.1, 0.15) is 11.5 Å². The fourth-order valence-electron chi connectivity index (χ4n) is 2.03. The van der Waals surface area contributed by atoms with Crippen molar-refractivity contribution < 1.29 is 9.47 Å². The summed E-state index contributed by atoms with van der Waals surface area (Å²) in [6, 6.07) is 16.7. The maximum Gasteiger partial charge on any atom is 0.118 e. The van der Waals surface area contributed by atoms with Crippen LogP contribution in [0.2, 0.25) is 0 Å². The molecule has 0 aliphatic rings. The first-order chi connectivity index (χ1) is 10.3. The molecule has 0 spiro atoms. The molecule has 112 valence electrons. The van der Waals surface area contributed by atoms with Gasteiger partial charge in [-0.05, 0) is 49.0 Å². The summed E-state index contributed by atoms with van der Waals surface area (Å²) in [5, 5.41) is 3.36. The lowest BCUT2D eigenvalue weighted by Crippen LogP contribution is -2.18. The molecule has 0 aromatic heterocycles. The molecule has 0 saturated heterocycles. The maximum absolute atomic E-state index is 5.20. The van der Waals surface area contributed by atoms with E-state index >= 15 is 0 Å². The molecule has 1 atom stereocenters. The Balaban J connectivity index is 1.97. The molecule has 0 amide bonds. The van der Waals surface area contributed by atoms with E-state index in [1.165, 1.54) is 10.5 Å². The SMILES string of the molecule is CNC(CSc1ccc(OC)cc1)c1ccc(OC)cc1. The van der Waals surface area contributed by atoms with Crippen molar-refractivity contribution in [3.8, 4) is 11.5 Å². The van der Waals surface area contributed by atoms with Gasteiger partial charge in [-0.1, -0.05) is 12.1 Å². The number of benzene rings is 2. The van der Waals surface area contributed by atoms with Gasteiger partial charge in [0.2, 0.25) is 0 Å². The summed E-state index contributed by atoms with van der Waals surface area (Å²) in [4.78, 5) is 1.24. The van der Waals surface area contributed by atoms with Gasteiger partial charge in [0.05, 0.1) is 14.2 Å². The molecule has 2 aromatic rings. The monoisotopic (exact) mass is 303 g/mol. The van der Waals surface area contributed by atoms with Crippen molar-refractivity contribution in [1.29, 1.82) is 0 Å².